The minimum Gasteiger partial charge on any atom is -0.497 e. The van der Waals surface area contributed by atoms with Crippen molar-refractivity contribution in [1.82, 2.24) is 14.9 Å². The first-order valence-electron chi connectivity index (χ1n) is 7.69. The maximum absolute atomic E-state index is 12.5. The molecule has 6 heteroatoms. The van der Waals surface area contributed by atoms with Crippen molar-refractivity contribution in [2.24, 2.45) is 0 Å². The third kappa shape index (κ3) is 3.71. The van der Waals surface area contributed by atoms with Crippen LogP contribution in [-0.4, -0.2) is 47.6 Å². The van der Waals surface area contributed by atoms with Crippen LogP contribution < -0.4 is 4.74 Å². The van der Waals surface area contributed by atoms with Gasteiger partial charge < -0.3 is 19.4 Å². The summed E-state index contributed by atoms with van der Waals surface area (Å²) in [6.45, 7) is 3.62. The van der Waals surface area contributed by atoms with Gasteiger partial charge in [-0.25, -0.2) is 4.98 Å². The summed E-state index contributed by atoms with van der Waals surface area (Å²) in [6, 6.07) is 7.59. The summed E-state index contributed by atoms with van der Waals surface area (Å²) in [5.74, 6) is 1.68. The molecule has 0 spiro atoms. The van der Waals surface area contributed by atoms with Crippen LogP contribution in [-0.2, 0) is 16.0 Å². The van der Waals surface area contributed by atoms with Crippen molar-refractivity contribution in [3.63, 3.8) is 0 Å². The number of aromatic amines is 1. The van der Waals surface area contributed by atoms with Gasteiger partial charge in [0, 0.05) is 18.4 Å². The van der Waals surface area contributed by atoms with E-state index in [1.165, 1.54) is 0 Å². The summed E-state index contributed by atoms with van der Waals surface area (Å²) >= 11 is 0. The van der Waals surface area contributed by atoms with E-state index in [-0.39, 0.29) is 12.0 Å². The van der Waals surface area contributed by atoms with Crippen LogP contribution >= 0.6 is 0 Å². The molecule has 0 bridgehead atoms. The van der Waals surface area contributed by atoms with Crippen LogP contribution in [0.25, 0.3) is 0 Å². The minimum absolute atomic E-state index is 0.103. The number of nitrogens with zero attached hydrogens (tertiary/aromatic N) is 2. The molecule has 1 atom stereocenters. The fraction of sp³-hybridized carbons (Fsp3) is 0.412. The Morgan fingerprint density at radius 2 is 2.22 bits per heavy atom. The quantitative estimate of drug-likeness (QED) is 0.935. The number of hydrogen-bond acceptors (Lipinski definition) is 4. The molecule has 1 aromatic carbocycles. The zero-order chi connectivity index (χ0) is 16.2. The van der Waals surface area contributed by atoms with Gasteiger partial charge in [0.15, 0.2) is 0 Å². The van der Waals surface area contributed by atoms with E-state index in [1.54, 1.807) is 13.3 Å². The molecule has 23 heavy (non-hydrogen) atoms. The molecule has 1 unspecified atom stereocenters. The number of hydrogen-bond donors (Lipinski definition) is 1. The highest BCUT2D eigenvalue weighted by Gasteiger charge is 2.27. The molecule has 122 valence electrons. The van der Waals surface area contributed by atoms with Crippen LogP contribution in [0.3, 0.4) is 0 Å². The van der Waals surface area contributed by atoms with Crippen molar-refractivity contribution in [1.29, 1.82) is 0 Å². The molecule has 1 aliphatic rings. The highest BCUT2D eigenvalue weighted by atomic mass is 16.5. The second-order valence-electron chi connectivity index (χ2n) is 5.68. The topological polar surface area (TPSA) is 67.4 Å². The highest BCUT2D eigenvalue weighted by Crippen LogP contribution is 2.20. The van der Waals surface area contributed by atoms with E-state index in [9.17, 15) is 4.79 Å². The Morgan fingerprint density at radius 1 is 1.43 bits per heavy atom. The number of methoxy groups -OCH3 is 1. The Morgan fingerprint density at radius 3 is 2.87 bits per heavy atom. The molecule has 1 fully saturated rings. The van der Waals surface area contributed by atoms with Gasteiger partial charge in [0.05, 0.1) is 26.7 Å². The van der Waals surface area contributed by atoms with Crippen molar-refractivity contribution >= 4 is 5.91 Å². The molecule has 1 N–H and O–H groups in total. The van der Waals surface area contributed by atoms with E-state index in [2.05, 4.69) is 9.97 Å². The number of carbonyl (C=O) groups is 1. The van der Waals surface area contributed by atoms with Gasteiger partial charge in [0.2, 0.25) is 5.91 Å². The lowest BCUT2D eigenvalue weighted by Gasteiger charge is -2.32. The molecule has 1 amide bonds. The standard InChI is InChI=1S/C17H21N3O3/c1-12-10-18-17(19-12)15-11-20(7-8-23-15)16(21)9-13-3-5-14(22-2)6-4-13/h3-6,10,15H,7-9,11H2,1-2H3,(H,18,19). The van der Waals surface area contributed by atoms with Crippen LogP contribution in [0, 0.1) is 6.92 Å². The van der Waals surface area contributed by atoms with Gasteiger partial charge in [-0.1, -0.05) is 12.1 Å². The number of aromatic nitrogens is 2. The van der Waals surface area contributed by atoms with E-state index < -0.39 is 0 Å². The molecule has 1 aliphatic heterocycles. The number of nitrogens with one attached hydrogen (secondary N) is 1. The lowest BCUT2D eigenvalue weighted by atomic mass is 10.1. The van der Waals surface area contributed by atoms with Crippen LogP contribution in [0.1, 0.15) is 23.2 Å². The van der Waals surface area contributed by atoms with Gasteiger partial charge in [0.1, 0.15) is 17.7 Å². The zero-order valence-corrected chi connectivity index (χ0v) is 13.4. The van der Waals surface area contributed by atoms with Crippen molar-refractivity contribution < 1.29 is 14.3 Å². The number of morpholine rings is 1. The maximum atomic E-state index is 12.5. The third-order valence-electron chi connectivity index (χ3n) is 3.96. The smallest absolute Gasteiger partial charge is 0.227 e. The molecule has 2 aromatic rings. The molecule has 1 aromatic heterocycles. The molecule has 3 rings (SSSR count). The Hall–Kier alpha value is -2.34. The van der Waals surface area contributed by atoms with Gasteiger partial charge in [-0.15, -0.1) is 0 Å². The van der Waals surface area contributed by atoms with Gasteiger partial charge in [-0.3, -0.25) is 4.79 Å². The Kier molecular flexibility index (Phi) is 4.62. The molecular weight excluding hydrogens is 294 g/mol. The number of imidazole rings is 1. The average molecular weight is 315 g/mol. The number of H-pyrrole nitrogens is 1. The van der Waals surface area contributed by atoms with Crippen molar-refractivity contribution in [3.8, 4) is 5.75 Å². The molecular formula is C17H21N3O3. The fourth-order valence-corrected chi connectivity index (χ4v) is 2.67. The number of carbonyl (C=O) groups excluding carboxylic acids is 1. The van der Waals surface area contributed by atoms with Crippen molar-refractivity contribution in [2.75, 3.05) is 26.8 Å². The lowest BCUT2D eigenvalue weighted by molar-refractivity contribution is -0.138. The first kappa shape index (κ1) is 15.6. The number of rotatable bonds is 4. The summed E-state index contributed by atoms with van der Waals surface area (Å²) < 4.78 is 10.9. The zero-order valence-electron chi connectivity index (χ0n) is 13.4. The van der Waals surface area contributed by atoms with E-state index in [0.29, 0.717) is 26.1 Å². The van der Waals surface area contributed by atoms with Crippen LogP contribution in [0.4, 0.5) is 0 Å². The monoisotopic (exact) mass is 315 g/mol. The van der Waals surface area contributed by atoms with Crippen LogP contribution in [0.2, 0.25) is 0 Å². The lowest BCUT2D eigenvalue weighted by Crippen LogP contribution is -2.43. The SMILES string of the molecule is COc1ccc(CC(=O)N2CCOC(c3ncc(C)[nH]3)C2)cc1. The predicted molar refractivity (Wildman–Crippen MR) is 85.3 cm³/mol. The largest absolute Gasteiger partial charge is 0.497 e. The first-order chi connectivity index (χ1) is 11.2. The number of ether oxygens (including phenoxy) is 2. The summed E-state index contributed by atoms with van der Waals surface area (Å²) in [7, 11) is 1.63. The summed E-state index contributed by atoms with van der Waals surface area (Å²) in [5, 5.41) is 0. The fourth-order valence-electron chi connectivity index (χ4n) is 2.67. The first-order valence-corrected chi connectivity index (χ1v) is 7.69. The van der Waals surface area contributed by atoms with Gasteiger partial charge in [-0.2, -0.15) is 0 Å². The van der Waals surface area contributed by atoms with Gasteiger partial charge in [0.25, 0.3) is 0 Å². The summed E-state index contributed by atoms with van der Waals surface area (Å²) in [4.78, 5) is 21.8. The second-order valence-corrected chi connectivity index (χ2v) is 5.68. The van der Waals surface area contributed by atoms with Gasteiger partial charge >= 0.3 is 0 Å². The third-order valence-corrected chi connectivity index (χ3v) is 3.96. The van der Waals surface area contributed by atoms with Gasteiger partial charge in [-0.05, 0) is 24.6 Å². The Labute approximate surface area is 135 Å². The van der Waals surface area contributed by atoms with E-state index in [4.69, 9.17) is 9.47 Å². The van der Waals surface area contributed by atoms with E-state index in [0.717, 1.165) is 22.8 Å². The summed E-state index contributed by atoms with van der Waals surface area (Å²) in [6.07, 6.45) is 1.97. The predicted octanol–water partition coefficient (Wildman–Crippen LogP) is 1.87. The van der Waals surface area contributed by atoms with Crippen LogP contribution in [0.15, 0.2) is 30.5 Å². The van der Waals surface area contributed by atoms with Crippen molar-refractivity contribution in [2.45, 2.75) is 19.4 Å². The van der Waals surface area contributed by atoms with E-state index in [1.807, 2.05) is 36.1 Å². The Bertz CT molecular complexity index is 666. The van der Waals surface area contributed by atoms with E-state index >= 15 is 0 Å². The number of benzene rings is 1. The van der Waals surface area contributed by atoms with Crippen LogP contribution in [0.5, 0.6) is 5.75 Å². The maximum Gasteiger partial charge on any atom is 0.227 e. The normalized spacial score (nSPS) is 18.0. The molecule has 0 saturated carbocycles. The molecule has 6 nitrogen and oxygen atoms in total. The average Bonchev–Trinajstić information content (AvgIpc) is 3.02. The second kappa shape index (κ2) is 6.83. The Balaban J connectivity index is 1.62. The molecule has 1 saturated heterocycles. The summed E-state index contributed by atoms with van der Waals surface area (Å²) in [5.41, 5.74) is 1.97. The molecule has 0 radical (unpaired) electrons. The number of aryl methyl sites for hydroxylation is 1. The number of amides is 1. The molecule has 0 aliphatic carbocycles. The minimum atomic E-state index is -0.183. The highest BCUT2D eigenvalue weighted by molar-refractivity contribution is 5.79. The van der Waals surface area contributed by atoms with Crippen molar-refractivity contribution in [3.05, 3.63) is 47.5 Å². The molecule has 2 heterocycles.